The molecule has 0 saturated heterocycles. The number of benzene rings is 3. The van der Waals surface area contributed by atoms with E-state index in [0.29, 0.717) is 22.8 Å². The van der Waals surface area contributed by atoms with E-state index in [9.17, 15) is 22.0 Å². The minimum atomic E-state index is -3.79. The van der Waals surface area contributed by atoms with E-state index < -0.39 is 21.9 Å². The van der Waals surface area contributed by atoms with Crippen LogP contribution in [-0.2, 0) is 20.7 Å². The van der Waals surface area contributed by atoms with Gasteiger partial charge in [0.1, 0.15) is 11.5 Å². The minimum absolute atomic E-state index is 0.00862. The van der Waals surface area contributed by atoms with Crippen molar-refractivity contribution in [1.82, 2.24) is 4.72 Å². The molecule has 0 aliphatic rings. The van der Waals surface area contributed by atoms with Crippen LogP contribution in [0.2, 0.25) is 0 Å². The van der Waals surface area contributed by atoms with Crippen LogP contribution in [0.5, 0.6) is 11.5 Å². The third kappa shape index (κ3) is 7.27. The summed E-state index contributed by atoms with van der Waals surface area (Å²) in [6.45, 7) is 2.72. The van der Waals surface area contributed by atoms with E-state index in [4.69, 9.17) is 9.47 Å². The molecule has 0 fully saturated rings. The van der Waals surface area contributed by atoms with Gasteiger partial charge < -0.3 is 9.47 Å². The highest BCUT2D eigenvalue weighted by Crippen LogP contribution is 2.30. The number of esters is 1. The Bertz CT molecular complexity index is 1270. The Morgan fingerprint density at radius 1 is 1.00 bits per heavy atom. The summed E-state index contributed by atoms with van der Waals surface area (Å²) < 4.78 is 64.7. The molecule has 1 N–H and O–H groups in total. The number of sulfonamides is 1. The molecule has 0 spiro atoms. The summed E-state index contributed by atoms with van der Waals surface area (Å²) in [6.07, 6.45) is 0. The molecule has 6 nitrogen and oxygen atoms in total. The van der Waals surface area contributed by atoms with Gasteiger partial charge in [-0.05, 0) is 73.2 Å². The topological polar surface area (TPSA) is 81.7 Å². The van der Waals surface area contributed by atoms with Crippen molar-refractivity contribution in [3.63, 3.8) is 0 Å². The molecule has 10 heteroatoms. The van der Waals surface area contributed by atoms with Gasteiger partial charge in [-0.25, -0.2) is 26.7 Å². The molecule has 0 atom stereocenters. The number of thioether (sulfide) groups is 1. The zero-order valence-electron chi connectivity index (χ0n) is 19.4. The van der Waals surface area contributed by atoms with E-state index in [-0.39, 0.29) is 22.6 Å². The van der Waals surface area contributed by atoms with Crippen LogP contribution in [0.4, 0.5) is 8.78 Å². The number of aryl methyl sites for hydroxylation is 1. The van der Waals surface area contributed by atoms with E-state index in [1.807, 2.05) is 12.1 Å². The molecule has 0 saturated carbocycles. The van der Waals surface area contributed by atoms with Crippen LogP contribution in [0.1, 0.15) is 28.4 Å². The van der Waals surface area contributed by atoms with Crippen LogP contribution in [-0.4, -0.2) is 33.8 Å². The fourth-order valence-corrected chi connectivity index (χ4v) is 5.04. The Hall–Kier alpha value is -2.95. The average Bonchev–Trinajstić information content (AvgIpc) is 2.82. The van der Waals surface area contributed by atoms with E-state index >= 15 is 0 Å². The lowest BCUT2D eigenvalue weighted by Crippen LogP contribution is -2.26. The van der Waals surface area contributed by atoms with Gasteiger partial charge in [-0.15, -0.1) is 11.8 Å². The number of alkyl halides is 2. The van der Waals surface area contributed by atoms with Crippen molar-refractivity contribution < 1.29 is 31.5 Å². The summed E-state index contributed by atoms with van der Waals surface area (Å²) in [5.74, 6) is -2.03. The zero-order chi connectivity index (χ0) is 25.6. The fraction of sp³-hybridized carbons (Fsp3) is 0.240. The molecule has 0 amide bonds. The third-order valence-electron chi connectivity index (χ3n) is 5.01. The molecule has 0 aliphatic heterocycles. The number of hydrogen-bond donors (Lipinski definition) is 1. The second-order valence-electron chi connectivity index (χ2n) is 7.70. The molecule has 186 valence electrons. The lowest BCUT2D eigenvalue weighted by molar-refractivity contribution is 0.0174. The first-order valence-corrected chi connectivity index (χ1v) is 13.0. The molecular formula is C25H25F2NO5S2. The lowest BCUT2D eigenvalue weighted by Gasteiger charge is -2.12. The number of hydrogen-bond acceptors (Lipinski definition) is 6. The largest absolute Gasteiger partial charge is 0.465 e. The maximum atomic E-state index is 13.3. The highest BCUT2D eigenvalue weighted by molar-refractivity contribution is 7.99. The quantitative estimate of drug-likeness (QED) is 0.208. The SMILES string of the molecule is COC(=O)c1cc(S(=O)(=O)NCCSc2ccc(Oc3ccc(C(C)(F)F)cc3)cc2)ccc1C. The van der Waals surface area contributed by atoms with Gasteiger partial charge in [-0.3, -0.25) is 0 Å². The molecule has 35 heavy (non-hydrogen) atoms. The smallest absolute Gasteiger partial charge is 0.338 e. The molecule has 0 bridgehead atoms. The number of rotatable bonds is 10. The van der Waals surface area contributed by atoms with Crippen molar-refractivity contribution in [3.05, 3.63) is 83.4 Å². The highest BCUT2D eigenvalue weighted by atomic mass is 32.2. The van der Waals surface area contributed by atoms with Crippen molar-refractivity contribution in [2.24, 2.45) is 0 Å². The predicted octanol–water partition coefficient (Wildman–Crippen LogP) is 5.76. The Morgan fingerprint density at radius 3 is 2.17 bits per heavy atom. The fourth-order valence-electron chi connectivity index (χ4n) is 3.08. The lowest BCUT2D eigenvalue weighted by atomic mass is 10.1. The van der Waals surface area contributed by atoms with Gasteiger partial charge in [-0.2, -0.15) is 0 Å². The van der Waals surface area contributed by atoms with Gasteiger partial charge >= 0.3 is 5.97 Å². The highest BCUT2D eigenvalue weighted by Gasteiger charge is 2.23. The normalized spacial score (nSPS) is 11.8. The Morgan fingerprint density at radius 2 is 1.60 bits per heavy atom. The van der Waals surface area contributed by atoms with E-state index in [0.717, 1.165) is 11.8 Å². The first-order valence-electron chi connectivity index (χ1n) is 10.6. The van der Waals surface area contributed by atoms with Crippen molar-refractivity contribution in [1.29, 1.82) is 0 Å². The van der Waals surface area contributed by atoms with E-state index in [1.54, 1.807) is 25.1 Å². The second kappa shape index (κ2) is 11.2. The molecule has 0 unspecified atom stereocenters. The number of halogens is 2. The van der Waals surface area contributed by atoms with Gasteiger partial charge in [0.15, 0.2) is 0 Å². The predicted molar refractivity (Wildman–Crippen MR) is 131 cm³/mol. The number of carbonyl (C=O) groups is 1. The molecule has 0 radical (unpaired) electrons. The Balaban J connectivity index is 1.51. The summed E-state index contributed by atoms with van der Waals surface area (Å²) >= 11 is 1.45. The van der Waals surface area contributed by atoms with E-state index in [2.05, 4.69) is 4.72 Å². The molecular weight excluding hydrogens is 496 g/mol. The van der Waals surface area contributed by atoms with Crippen LogP contribution < -0.4 is 9.46 Å². The van der Waals surface area contributed by atoms with Gasteiger partial charge in [-0.1, -0.05) is 6.07 Å². The Kier molecular flexibility index (Phi) is 8.52. The van der Waals surface area contributed by atoms with Crippen molar-refractivity contribution >= 4 is 27.8 Å². The van der Waals surface area contributed by atoms with Crippen molar-refractivity contribution in [3.8, 4) is 11.5 Å². The maximum absolute atomic E-state index is 13.3. The van der Waals surface area contributed by atoms with Crippen LogP contribution in [0, 0.1) is 6.92 Å². The van der Waals surface area contributed by atoms with Crippen molar-refractivity contribution in [2.75, 3.05) is 19.4 Å². The molecule has 3 aromatic carbocycles. The summed E-state index contributed by atoms with van der Waals surface area (Å²) in [4.78, 5) is 12.7. The minimum Gasteiger partial charge on any atom is -0.465 e. The van der Waals surface area contributed by atoms with E-state index in [1.165, 1.54) is 55.3 Å². The number of methoxy groups -OCH3 is 1. The maximum Gasteiger partial charge on any atom is 0.338 e. The zero-order valence-corrected chi connectivity index (χ0v) is 21.0. The second-order valence-corrected chi connectivity index (χ2v) is 10.6. The summed E-state index contributed by atoms with van der Waals surface area (Å²) in [7, 11) is -2.55. The van der Waals surface area contributed by atoms with Crippen molar-refractivity contribution in [2.45, 2.75) is 29.6 Å². The Labute approximate surface area is 207 Å². The summed E-state index contributed by atoms with van der Waals surface area (Å²) in [6, 6.07) is 17.1. The van der Waals surface area contributed by atoms with Crippen LogP contribution >= 0.6 is 11.8 Å². The molecule has 3 rings (SSSR count). The summed E-state index contributed by atoms with van der Waals surface area (Å²) in [5.41, 5.74) is 0.739. The van der Waals surface area contributed by atoms with Gasteiger partial charge in [0, 0.05) is 29.7 Å². The molecule has 3 aromatic rings. The molecule has 0 aromatic heterocycles. The molecule has 0 heterocycles. The monoisotopic (exact) mass is 521 g/mol. The number of nitrogens with one attached hydrogen (secondary N) is 1. The first kappa shape index (κ1) is 26.7. The van der Waals surface area contributed by atoms with Gasteiger partial charge in [0.05, 0.1) is 17.6 Å². The van der Waals surface area contributed by atoms with Gasteiger partial charge in [0.25, 0.3) is 5.92 Å². The first-order chi connectivity index (χ1) is 16.5. The summed E-state index contributed by atoms with van der Waals surface area (Å²) in [5, 5.41) is 0. The van der Waals surface area contributed by atoms with Crippen LogP contribution in [0.3, 0.4) is 0 Å². The van der Waals surface area contributed by atoms with Crippen LogP contribution in [0.25, 0.3) is 0 Å². The number of ether oxygens (including phenoxy) is 2. The average molecular weight is 522 g/mol. The molecule has 0 aliphatic carbocycles. The number of carbonyl (C=O) groups excluding carboxylic acids is 1. The standard InChI is InChI=1S/C25H25F2NO5S2/c1-17-4-13-22(16-23(17)24(29)32-3)35(30,31)28-14-15-34-21-11-9-20(10-12-21)33-19-7-5-18(6-8-19)25(2,26)27/h4-13,16,28H,14-15H2,1-3H3. The third-order valence-corrected chi connectivity index (χ3v) is 7.48. The van der Waals surface area contributed by atoms with Crippen LogP contribution in [0.15, 0.2) is 76.5 Å². The van der Waals surface area contributed by atoms with Gasteiger partial charge in [0.2, 0.25) is 10.0 Å².